The van der Waals surface area contributed by atoms with Gasteiger partial charge in [0.2, 0.25) is 0 Å². The number of rotatable bonds is 16. The van der Waals surface area contributed by atoms with Crippen LogP contribution < -0.4 is 14.8 Å². The maximum absolute atomic E-state index is 10.9. The van der Waals surface area contributed by atoms with Gasteiger partial charge in [0.1, 0.15) is 17.3 Å². The lowest BCUT2D eigenvalue weighted by Gasteiger charge is -2.32. The third kappa shape index (κ3) is 13.2. The predicted molar refractivity (Wildman–Crippen MR) is 209 cm³/mol. The Labute approximate surface area is 297 Å². The summed E-state index contributed by atoms with van der Waals surface area (Å²) in [6.07, 6.45) is 8.34. The highest BCUT2D eigenvalue weighted by Gasteiger charge is 2.27. The minimum absolute atomic E-state index is 0.0141. The lowest BCUT2D eigenvalue weighted by Crippen LogP contribution is -2.40. The fourth-order valence-corrected chi connectivity index (χ4v) is 5.52. The Morgan fingerprint density at radius 2 is 1.29 bits per heavy atom. The van der Waals surface area contributed by atoms with Gasteiger partial charge in [0, 0.05) is 18.4 Å². The van der Waals surface area contributed by atoms with Crippen molar-refractivity contribution < 1.29 is 14.3 Å². The smallest absolute Gasteiger partial charge is 0.135 e. The highest BCUT2D eigenvalue weighted by molar-refractivity contribution is 5.91. The van der Waals surface area contributed by atoms with Crippen molar-refractivity contribution in [1.82, 2.24) is 5.32 Å². The summed E-state index contributed by atoms with van der Waals surface area (Å²) in [6, 6.07) is 25.9. The second kappa shape index (κ2) is 19.9. The van der Waals surface area contributed by atoms with E-state index >= 15 is 0 Å². The highest BCUT2D eigenvalue weighted by atomic mass is 16.5. The van der Waals surface area contributed by atoms with E-state index in [9.17, 15) is 4.79 Å². The molecule has 0 fully saturated rings. The second-order valence-electron chi connectivity index (χ2n) is 14.6. The molecular formula is C45H61NO3. The van der Waals surface area contributed by atoms with Gasteiger partial charge in [-0.05, 0) is 96.2 Å². The molecule has 1 N–H and O–H groups in total. The molecule has 3 aromatic carbocycles. The molecule has 3 aromatic rings. The fourth-order valence-electron chi connectivity index (χ4n) is 5.52. The van der Waals surface area contributed by atoms with Crippen LogP contribution in [-0.2, 0) is 11.2 Å². The van der Waals surface area contributed by atoms with Gasteiger partial charge in [0.15, 0.2) is 0 Å². The molecular weight excluding hydrogens is 602 g/mol. The molecule has 49 heavy (non-hydrogen) atoms. The molecule has 0 amide bonds. The summed E-state index contributed by atoms with van der Waals surface area (Å²) in [5, 5.41) is 3.91. The van der Waals surface area contributed by atoms with E-state index in [1.807, 2.05) is 13.8 Å². The standard InChI is InChI=1S/C37H45NO2.C8H16O/c1-25(2)23-39-33-16-12-31(13-17-33)35-20-21-36(32-14-18-34(19-15-32)40-24-26(3)4)37(29(35)7)38-28(6)22-30-10-8-27(5)9-11-30;1-4-5-6-8(9)7(2)3/h8-21,25-26,28,37-38H,7,22-24H2,1-6H3;7H,4-6H2,1-3H3. The van der Waals surface area contributed by atoms with Gasteiger partial charge in [-0.2, -0.15) is 0 Å². The Kier molecular flexibility index (Phi) is 16.1. The van der Waals surface area contributed by atoms with Crippen LogP contribution in [0.25, 0.3) is 11.1 Å². The number of Topliss-reactive ketones (excluding diaryl/α,β-unsaturated/α-hetero) is 1. The molecule has 4 heteroatoms. The van der Waals surface area contributed by atoms with Crippen LogP contribution in [0.4, 0.5) is 0 Å². The molecule has 1 aliphatic rings. The van der Waals surface area contributed by atoms with Crippen molar-refractivity contribution in [3.63, 3.8) is 0 Å². The summed E-state index contributed by atoms with van der Waals surface area (Å²) < 4.78 is 11.8. The van der Waals surface area contributed by atoms with Crippen LogP contribution in [0, 0.1) is 24.7 Å². The van der Waals surface area contributed by atoms with E-state index in [0.29, 0.717) is 30.8 Å². The van der Waals surface area contributed by atoms with Gasteiger partial charge < -0.3 is 14.8 Å². The summed E-state index contributed by atoms with van der Waals surface area (Å²) in [5.74, 6) is 3.42. The van der Waals surface area contributed by atoms with Crippen molar-refractivity contribution in [2.45, 2.75) is 100 Å². The summed E-state index contributed by atoms with van der Waals surface area (Å²) in [4.78, 5) is 10.9. The molecule has 0 spiro atoms. The molecule has 4 nitrogen and oxygen atoms in total. The van der Waals surface area contributed by atoms with Gasteiger partial charge in [-0.15, -0.1) is 0 Å². The number of unbranched alkanes of at least 4 members (excludes halogenated alkanes) is 1. The molecule has 2 atom stereocenters. The Morgan fingerprint density at radius 1 is 0.755 bits per heavy atom. The number of carbonyl (C=O) groups is 1. The number of hydrogen-bond donors (Lipinski definition) is 1. The van der Waals surface area contributed by atoms with Crippen molar-refractivity contribution in [3.05, 3.63) is 119 Å². The van der Waals surface area contributed by atoms with Gasteiger partial charge >= 0.3 is 0 Å². The number of hydrogen-bond acceptors (Lipinski definition) is 4. The number of ketones is 1. The quantitative estimate of drug-likeness (QED) is 0.166. The van der Waals surface area contributed by atoms with Gasteiger partial charge in [0.05, 0.1) is 19.3 Å². The molecule has 1 aliphatic carbocycles. The zero-order valence-corrected chi connectivity index (χ0v) is 31.6. The van der Waals surface area contributed by atoms with Crippen LogP contribution in [-0.4, -0.2) is 31.1 Å². The lowest BCUT2D eigenvalue weighted by molar-refractivity contribution is -0.122. The maximum Gasteiger partial charge on any atom is 0.135 e. The molecule has 0 saturated carbocycles. The van der Waals surface area contributed by atoms with Gasteiger partial charge in [-0.1, -0.05) is 128 Å². The van der Waals surface area contributed by atoms with Crippen molar-refractivity contribution in [3.8, 4) is 11.5 Å². The predicted octanol–water partition coefficient (Wildman–Crippen LogP) is 11.1. The molecule has 0 radical (unpaired) electrons. The van der Waals surface area contributed by atoms with E-state index in [1.54, 1.807) is 0 Å². The molecule has 0 heterocycles. The minimum Gasteiger partial charge on any atom is -0.493 e. The van der Waals surface area contributed by atoms with Gasteiger partial charge in [0.25, 0.3) is 0 Å². The zero-order valence-electron chi connectivity index (χ0n) is 31.6. The Hall–Kier alpha value is -3.89. The van der Waals surface area contributed by atoms with Crippen LogP contribution >= 0.6 is 0 Å². The van der Waals surface area contributed by atoms with Crippen LogP contribution in [0.1, 0.15) is 96.9 Å². The highest BCUT2D eigenvalue weighted by Crippen LogP contribution is 2.37. The van der Waals surface area contributed by atoms with Crippen molar-refractivity contribution >= 4 is 16.9 Å². The van der Waals surface area contributed by atoms with Gasteiger partial charge in [-0.3, -0.25) is 4.79 Å². The minimum atomic E-state index is -0.0141. The van der Waals surface area contributed by atoms with E-state index < -0.39 is 0 Å². The SMILES string of the molecule is C=C1C(c2ccc(OCC(C)C)cc2)=CC=C(c2ccc(OCC(C)C)cc2)C1NC(C)Cc1ccc(C)cc1.CCCCC(=O)C(C)C. The number of allylic oxidation sites excluding steroid dienone is 2. The molecule has 0 bridgehead atoms. The summed E-state index contributed by atoms with van der Waals surface area (Å²) in [7, 11) is 0. The van der Waals surface area contributed by atoms with Crippen molar-refractivity contribution in [1.29, 1.82) is 0 Å². The van der Waals surface area contributed by atoms with Crippen LogP contribution in [0.2, 0.25) is 0 Å². The Morgan fingerprint density at radius 3 is 1.78 bits per heavy atom. The average molecular weight is 664 g/mol. The van der Waals surface area contributed by atoms with E-state index in [4.69, 9.17) is 9.47 Å². The largest absolute Gasteiger partial charge is 0.493 e. The molecule has 0 aromatic heterocycles. The Bertz CT molecular complexity index is 1510. The first-order chi connectivity index (χ1) is 23.4. The van der Waals surface area contributed by atoms with Crippen molar-refractivity contribution in [2.75, 3.05) is 13.2 Å². The van der Waals surface area contributed by atoms with E-state index in [2.05, 4.69) is 145 Å². The topological polar surface area (TPSA) is 47.6 Å². The zero-order chi connectivity index (χ0) is 35.9. The third-order valence-electron chi connectivity index (χ3n) is 8.49. The molecule has 0 aliphatic heterocycles. The second-order valence-corrected chi connectivity index (χ2v) is 14.6. The van der Waals surface area contributed by atoms with Crippen LogP contribution in [0.3, 0.4) is 0 Å². The lowest BCUT2D eigenvalue weighted by atomic mass is 9.82. The first-order valence-electron chi connectivity index (χ1n) is 18.3. The number of aryl methyl sites for hydroxylation is 1. The van der Waals surface area contributed by atoms with Gasteiger partial charge in [-0.25, -0.2) is 0 Å². The number of benzene rings is 3. The molecule has 0 saturated heterocycles. The molecule has 2 unspecified atom stereocenters. The van der Waals surface area contributed by atoms with Crippen LogP contribution in [0.5, 0.6) is 11.5 Å². The summed E-state index contributed by atoms with van der Waals surface area (Å²) in [5.41, 5.74) is 8.37. The first kappa shape index (κ1) is 39.5. The first-order valence-corrected chi connectivity index (χ1v) is 18.3. The van der Waals surface area contributed by atoms with Crippen molar-refractivity contribution in [2.24, 2.45) is 17.8 Å². The van der Waals surface area contributed by atoms with Crippen LogP contribution in [0.15, 0.2) is 97.1 Å². The molecule has 264 valence electrons. The van der Waals surface area contributed by atoms with E-state index in [1.165, 1.54) is 22.3 Å². The number of nitrogens with one attached hydrogen (secondary N) is 1. The maximum atomic E-state index is 10.9. The summed E-state index contributed by atoms with van der Waals surface area (Å²) >= 11 is 0. The molecule has 4 rings (SSSR count). The van der Waals surface area contributed by atoms with E-state index in [0.717, 1.165) is 53.9 Å². The Balaban J connectivity index is 0.000000635. The number of ether oxygens (including phenoxy) is 2. The third-order valence-corrected chi connectivity index (χ3v) is 8.49. The number of carbonyl (C=O) groups excluding carboxylic acids is 1. The normalized spacial score (nSPS) is 15.0. The fraction of sp³-hybridized carbons (Fsp3) is 0.444. The average Bonchev–Trinajstić information content (AvgIpc) is 3.08. The monoisotopic (exact) mass is 663 g/mol. The summed E-state index contributed by atoms with van der Waals surface area (Å²) in [6.45, 7) is 25.1. The van der Waals surface area contributed by atoms with E-state index in [-0.39, 0.29) is 18.0 Å².